The SMILES string of the molecule is CCNC(=NCCOCC)NCCc1nc(C)c(C)s1.I. The number of guanidine groups is 1. The number of thiazole rings is 1. The molecule has 1 aromatic rings. The van der Waals surface area contributed by atoms with E-state index < -0.39 is 0 Å². The fourth-order valence-electron chi connectivity index (χ4n) is 1.64. The first-order valence-corrected chi connectivity index (χ1v) is 8.01. The standard InChI is InChI=1S/C14H26N4OS.HI/c1-5-15-14(17-9-10-19-6-2)16-8-7-13-18-11(3)12(4)20-13;/h5-10H2,1-4H3,(H2,15,16,17);1H. The Morgan fingerprint density at radius 2 is 2.05 bits per heavy atom. The molecule has 7 heteroatoms. The Hall–Kier alpha value is -0.410. The van der Waals surface area contributed by atoms with Crippen molar-refractivity contribution in [2.45, 2.75) is 34.1 Å². The van der Waals surface area contributed by atoms with E-state index in [1.165, 1.54) is 9.88 Å². The number of aryl methyl sites for hydroxylation is 2. The molecule has 21 heavy (non-hydrogen) atoms. The summed E-state index contributed by atoms with van der Waals surface area (Å²) in [6.45, 7) is 12.0. The number of ether oxygens (including phenoxy) is 1. The van der Waals surface area contributed by atoms with Gasteiger partial charge in [-0.25, -0.2) is 4.98 Å². The van der Waals surface area contributed by atoms with Gasteiger partial charge in [0.1, 0.15) is 0 Å². The maximum Gasteiger partial charge on any atom is 0.191 e. The molecule has 0 saturated carbocycles. The van der Waals surface area contributed by atoms with Gasteiger partial charge < -0.3 is 15.4 Å². The Balaban J connectivity index is 0.00000400. The summed E-state index contributed by atoms with van der Waals surface area (Å²) in [6, 6.07) is 0. The van der Waals surface area contributed by atoms with Crippen LogP contribution in [0.1, 0.15) is 29.4 Å². The number of nitrogens with one attached hydrogen (secondary N) is 2. The van der Waals surface area contributed by atoms with Gasteiger partial charge in [0.05, 0.1) is 23.9 Å². The Morgan fingerprint density at radius 1 is 1.29 bits per heavy atom. The third-order valence-electron chi connectivity index (χ3n) is 2.76. The Kier molecular flexibility index (Phi) is 11.9. The Morgan fingerprint density at radius 3 is 2.62 bits per heavy atom. The predicted molar refractivity (Wildman–Crippen MR) is 101 cm³/mol. The second kappa shape index (κ2) is 12.2. The van der Waals surface area contributed by atoms with E-state index in [1.807, 2.05) is 6.92 Å². The zero-order valence-corrected chi connectivity index (χ0v) is 16.5. The summed E-state index contributed by atoms with van der Waals surface area (Å²) in [5.41, 5.74) is 1.14. The van der Waals surface area contributed by atoms with Crippen LogP contribution in [0.2, 0.25) is 0 Å². The molecular formula is C14H27IN4OS. The average Bonchev–Trinajstić information content (AvgIpc) is 2.73. The molecule has 122 valence electrons. The highest BCUT2D eigenvalue weighted by Crippen LogP contribution is 2.16. The summed E-state index contributed by atoms with van der Waals surface area (Å²) >= 11 is 1.77. The van der Waals surface area contributed by atoms with Gasteiger partial charge in [-0.3, -0.25) is 4.99 Å². The van der Waals surface area contributed by atoms with Crippen LogP contribution in [0.4, 0.5) is 0 Å². The maximum absolute atomic E-state index is 5.28. The van der Waals surface area contributed by atoms with E-state index in [1.54, 1.807) is 11.3 Å². The molecule has 0 bridgehead atoms. The van der Waals surface area contributed by atoms with Gasteiger partial charge in [0.2, 0.25) is 0 Å². The smallest absolute Gasteiger partial charge is 0.191 e. The molecule has 1 heterocycles. The lowest BCUT2D eigenvalue weighted by Crippen LogP contribution is -2.38. The average molecular weight is 426 g/mol. The highest BCUT2D eigenvalue weighted by Gasteiger charge is 2.03. The first-order chi connectivity index (χ1) is 9.67. The molecule has 0 atom stereocenters. The lowest BCUT2D eigenvalue weighted by Gasteiger charge is -2.10. The van der Waals surface area contributed by atoms with Gasteiger partial charge >= 0.3 is 0 Å². The second-order valence-corrected chi connectivity index (χ2v) is 5.67. The van der Waals surface area contributed by atoms with E-state index >= 15 is 0 Å². The van der Waals surface area contributed by atoms with E-state index in [4.69, 9.17) is 4.74 Å². The second-order valence-electron chi connectivity index (χ2n) is 4.38. The Labute approximate surface area is 149 Å². The summed E-state index contributed by atoms with van der Waals surface area (Å²) in [5, 5.41) is 7.73. The van der Waals surface area contributed by atoms with Crippen LogP contribution in [0.3, 0.4) is 0 Å². The molecule has 0 aromatic carbocycles. The van der Waals surface area contributed by atoms with Crippen LogP contribution < -0.4 is 10.6 Å². The molecule has 0 saturated heterocycles. The minimum atomic E-state index is 0. The molecule has 0 radical (unpaired) electrons. The molecular weight excluding hydrogens is 399 g/mol. The van der Waals surface area contributed by atoms with Gasteiger partial charge in [0, 0.05) is 31.0 Å². The highest BCUT2D eigenvalue weighted by molar-refractivity contribution is 14.0. The van der Waals surface area contributed by atoms with Crippen molar-refractivity contribution in [3.8, 4) is 0 Å². The summed E-state index contributed by atoms with van der Waals surface area (Å²) in [5.74, 6) is 0.845. The van der Waals surface area contributed by atoms with Crippen molar-refractivity contribution in [3.63, 3.8) is 0 Å². The molecule has 0 aliphatic carbocycles. The molecule has 0 aliphatic rings. The normalized spacial score (nSPS) is 11.1. The van der Waals surface area contributed by atoms with E-state index in [2.05, 4.69) is 41.4 Å². The number of nitrogens with zero attached hydrogens (tertiary/aromatic N) is 2. The third kappa shape index (κ3) is 8.57. The van der Waals surface area contributed by atoms with Crippen LogP contribution in [0.25, 0.3) is 0 Å². The van der Waals surface area contributed by atoms with Gasteiger partial charge in [-0.15, -0.1) is 35.3 Å². The van der Waals surface area contributed by atoms with Gasteiger partial charge in [-0.2, -0.15) is 0 Å². The van der Waals surface area contributed by atoms with E-state index in [-0.39, 0.29) is 24.0 Å². The molecule has 0 aliphatic heterocycles. The number of hydrogen-bond acceptors (Lipinski definition) is 4. The van der Waals surface area contributed by atoms with E-state index in [0.29, 0.717) is 13.2 Å². The van der Waals surface area contributed by atoms with Gasteiger partial charge in [-0.05, 0) is 27.7 Å². The molecule has 1 rings (SSSR count). The Bertz CT molecular complexity index is 404. The fourth-order valence-corrected chi connectivity index (χ4v) is 2.58. The molecule has 0 unspecified atom stereocenters. The van der Waals surface area contributed by atoms with Crippen LogP contribution in [-0.4, -0.2) is 43.8 Å². The number of halogens is 1. The van der Waals surface area contributed by atoms with Crippen LogP contribution in [0, 0.1) is 13.8 Å². The van der Waals surface area contributed by atoms with Crippen molar-refractivity contribution in [2.24, 2.45) is 4.99 Å². The summed E-state index contributed by atoms with van der Waals surface area (Å²) in [6.07, 6.45) is 0.926. The lowest BCUT2D eigenvalue weighted by molar-refractivity contribution is 0.155. The molecule has 0 amide bonds. The number of hydrogen-bond donors (Lipinski definition) is 2. The molecule has 2 N–H and O–H groups in total. The number of aliphatic imine (C=N–C) groups is 1. The molecule has 0 fully saturated rings. The van der Waals surface area contributed by atoms with Crippen molar-refractivity contribution < 1.29 is 4.74 Å². The minimum Gasteiger partial charge on any atom is -0.380 e. The van der Waals surface area contributed by atoms with E-state index in [0.717, 1.165) is 37.8 Å². The van der Waals surface area contributed by atoms with Crippen molar-refractivity contribution >= 4 is 41.3 Å². The first kappa shape index (κ1) is 20.6. The molecule has 1 aromatic heterocycles. The van der Waals surface area contributed by atoms with Gasteiger partial charge in [-0.1, -0.05) is 0 Å². The van der Waals surface area contributed by atoms with Crippen LogP contribution in [0.5, 0.6) is 0 Å². The summed E-state index contributed by atoms with van der Waals surface area (Å²) < 4.78 is 5.28. The van der Waals surface area contributed by atoms with E-state index in [9.17, 15) is 0 Å². The largest absolute Gasteiger partial charge is 0.380 e. The lowest BCUT2D eigenvalue weighted by atomic mass is 10.4. The first-order valence-electron chi connectivity index (χ1n) is 7.20. The van der Waals surface area contributed by atoms with Gasteiger partial charge in [0.15, 0.2) is 5.96 Å². The predicted octanol–water partition coefficient (Wildman–Crippen LogP) is 2.51. The van der Waals surface area contributed by atoms with Gasteiger partial charge in [0.25, 0.3) is 0 Å². The zero-order chi connectivity index (χ0) is 14.8. The van der Waals surface area contributed by atoms with Crippen molar-refractivity contribution in [1.82, 2.24) is 15.6 Å². The number of aromatic nitrogens is 1. The molecule has 5 nitrogen and oxygen atoms in total. The van der Waals surface area contributed by atoms with Crippen molar-refractivity contribution in [3.05, 3.63) is 15.6 Å². The van der Waals surface area contributed by atoms with Crippen LogP contribution >= 0.6 is 35.3 Å². The fraction of sp³-hybridized carbons (Fsp3) is 0.714. The van der Waals surface area contributed by atoms with Crippen molar-refractivity contribution in [2.75, 3.05) is 32.8 Å². The number of rotatable bonds is 8. The summed E-state index contributed by atoms with van der Waals surface area (Å²) in [4.78, 5) is 10.3. The third-order valence-corrected chi connectivity index (χ3v) is 3.89. The topological polar surface area (TPSA) is 58.5 Å². The van der Waals surface area contributed by atoms with Crippen LogP contribution in [0.15, 0.2) is 4.99 Å². The minimum absolute atomic E-state index is 0. The summed E-state index contributed by atoms with van der Waals surface area (Å²) in [7, 11) is 0. The quantitative estimate of drug-likeness (QED) is 0.290. The van der Waals surface area contributed by atoms with Crippen LogP contribution in [-0.2, 0) is 11.2 Å². The highest BCUT2D eigenvalue weighted by atomic mass is 127. The zero-order valence-electron chi connectivity index (χ0n) is 13.4. The monoisotopic (exact) mass is 426 g/mol. The van der Waals surface area contributed by atoms with Crippen molar-refractivity contribution in [1.29, 1.82) is 0 Å². The molecule has 0 spiro atoms. The maximum atomic E-state index is 5.28.